The summed E-state index contributed by atoms with van der Waals surface area (Å²) in [6.07, 6.45) is 0.487. The van der Waals surface area contributed by atoms with Crippen LogP contribution in [0.5, 0.6) is 5.75 Å². The van der Waals surface area contributed by atoms with Crippen LogP contribution in [0.2, 0.25) is 0 Å². The topological polar surface area (TPSA) is 44.7 Å². The Morgan fingerprint density at radius 2 is 2.10 bits per heavy atom. The van der Waals surface area contributed by atoms with Crippen LogP contribution in [-0.4, -0.2) is 49.3 Å². The van der Waals surface area contributed by atoms with Crippen LogP contribution in [0.15, 0.2) is 18.2 Å². The summed E-state index contributed by atoms with van der Waals surface area (Å²) < 4.78 is 5.76. The molecule has 1 saturated heterocycles. The summed E-state index contributed by atoms with van der Waals surface area (Å²) in [7, 11) is 0. The third kappa shape index (κ3) is 4.20. The number of nitrogens with zero attached hydrogens (tertiary/aromatic N) is 1. The number of aliphatic hydroxyl groups excluding tert-OH is 1. The van der Waals surface area contributed by atoms with Gasteiger partial charge in [0, 0.05) is 38.3 Å². The molecule has 1 aliphatic heterocycles. The van der Waals surface area contributed by atoms with Crippen LogP contribution in [-0.2, 0) is 0 Å². The molecule has 1 aliphatic rings. The molecule has 0 saturated carbocycles. The van der Waals surface area contributed by atoms with E-state index in [-0.39, 0.29) is 0 Å². The standard InChI is InChI=1S/C16H26N2O2/c1-3-10-20-16-5-4-13(2)11-14(16)15(19)12-18-8-6-17-7-9-18/h4-5,11,15,17,19H,3,6-10,12H2,1-2H3. The van der Waals surface area contributed by atoms with E-state index < -0.39 is 6.10 Å². The summed E-state index contributed by atoms with van der Waals surface area (Å²) in [4.78, 5) is 2.30. The van der Waals surface area contributed by atoms with Crippen molar-refractivity contribution in [3.8, 4) is 5.75 Å². The molecule has 4 nitrogen and oxygen atoms in total. The lowest BCUT2D eigenvalue weighted by Crippen LogP contribution is -2.45. The molecular weight excluding hydrogens is 252 g/mol. The molecule has 20 heavy (non-hydrogen) atoms. The van der Waals surface area contributed by atoms with E-state index in [9.17, 15) is 5.11 Å². The van der Waals surface area contributed by atoms with Crippen LogP contribution in [0, 0.1) is 6.92 Å². The quantitative estimate of drug-likeness (QED) is 0.832. The number of rotatable bonds is 6. The minimum Gasteiger partial charge on any atom is -0.493 e. The Labute approximate surface area is 121 Å². The van der Waals surface area contributed by atoms with Crippen molar-refractivity contribution in [2.45, 2.75) is 26.4 Å². The Kier molecular flexibility index (Phi) is 5.83. The summed E-state index contributed by atoms with van der Waals surface area (Å²) >= 11 is 0. The first kappa shape index (κ1) is 15.3. The zero-order valence-corrected chi connectivity index (χ0v) is 12.6. The molecule has 1 unspecified atom stereocenters. The van der Waals surface area contributed by atoms with Crippen LogP contribution in [0.4, 0.5) is 0 Å². The van der Waals surface area contributed by atoms with Gasteiger partial charge in [-0.15, -0.1) is 0 Å². The lowest BCUT2D eigenvalue weighted by Gasteiger charge is -2.29. The van der Waals surface area contributed by atoms with Gasteiger partial charge in [-0.25, -0.2) is 0 Å². The van der Waals surface area contributed by atoms with E-state index in [0.717, 1.165) is 49.5 Å². The van der Waals surface area contributed by atoms with Gasteiger partial charge in [0.15, 0.2) is 0 Å². The largest absolute Gasteiger partial charge is 0.493 e. The van der Waals surface area contributed by atoms with E-state index in [1.54, 1.807) is 0 Å². The zero-order chi connectivity index (χ0) is 14.4. The summed E-state index contributed by atoms with van der Waals surface area (Å²) in [5, 5.41) is 13.9. The van der Waals surface area contributed by atoms with Gasteiger partial charge in [-0.1, -0.05) is 18.6 Å². The second-order valence-electron chi connectivity index (χ2n) is 5.46. The molecule has 1 aromatic rings. The molecular formula is C16H26N2O2. The monoisotopic (exact) mass is 278 g/mol. The first-order valence-electron chi connectivity index (χ1n) is 7.55. The first-order valence-corrected chi connectivity index (χ1v) is 7.55. The van der Waals surface area contributed by atoms with Gasteiger partial charge >= 0.3 is 0 Å². The van der Waals surface area contributed by atoms with Crippen molar-refractivity contribution in [1.82, 2.24) is 10.2 Å². The fourth-order valence-electron chi connectivity index (χ4n) is 2.51. The van der Waals surface area contributed by atoms with Crippen molar-refractivity contribution in [1.29, 1.82) is 0 Å². The second-order valence-corrected chi connectivity index (χ2v) is 5.46. The van der Waals surface area contributed by atoms with Crippen LogP contribution in [0.3, 0.4) is 0 Å². The number of aryl methyl sites for hydroxylation is 1. The second kappa shape index (κ2) is 7.62. The van der Waals surface area contributed by atoms with E-state index in [2.05, 4.69) is 17.1 Å². The van der Waals surface area contributed by atoms with Gasteiger partial charge in [0.1, 0.15) is 5.75 Å². The molecule has 0 spiro atoms. The molecule has 1 heterocycles. The molecule has 0 bridgehead atoms. The van der Waals surface area contributed by atoms with Gasteiger partial charge in [0.05, 0.1) is 12.7 Å². The molecule has 4 heteroatoms. The SMILES string of the molecule is CCCOc1ccc(C)cc1C(O)CN1CCNCC1. The highest BCUT2D eigenvalue weighted by molar-refractivity contribution is 5.38. The number of hydrogen-bond donors (Lipinski definition) is 2. The van der Waals surface area contributed by atoms with Crippen molar-refractivity contribution < 1.29 is 9.84 Å². The molecule has 0 radical (unpaired) electrons. The van der Waals surface area contributed by atoms with E-state index in [1.807, 2.05) is 25.1 Å². The average Bonchev–Trinajstić information content (AvgIpc) is 2.47. The predicted molar refractivity (Wildman–Crippen MR) is 81.2 cm³/mol. The Bertz CT molecular complexity index is 417. The van der Waals surface area contributed by atoms with E-state index in [4.69, 9.17) is 4.74 Å². The molecule has 1 fully saturated rings. The van der Waals surface area contributed by atoms with Crippen molar-refractivity contribution >= 4 is 0 Å². The Morgan fingerprint density at radius 3 is 2.80 bits per heavy atom. The van der Waals surface area contributed by atoms with Gasteiger partial charge in [-0.05, 0) is 25.5 Å². The number of β-amino-alcohol motifs (C(OH)–C–C–N with tert-alkyl or cyclic N) is 1. The maximum absolute atomic E-state index is 10.5. The van der Waals surface area contributed by atoms with Crippen molar-refractivity contribution in [3.63, 3.8) is 0 Å². The predicted octanol–water partition coefficient (Wildman–Crippen LogP) is 1.72. The van der Waals surface area contributed by atoms with Crippen LogP contribution >= 0.6 is 0 Å². The lowest BCUT2D eigenvalue weighted by molar-refractivity contribution is 0.102. The highest BCUT2D eigenvalue weighted by atomic mass is 16.5. The third-order valence-corrected chi connectivity index (χ3v) is 3.63. The van der Waals surface area contributed by atoms with Gasteiger partial charge < -0.3 is 15.2 Å². The third-order valence-electron chi connectivity index (χ3n) is 3.63. The fourth-order valence-corrected chi connectivity index (χ4v) is 2.51. The number of ether oxygens (including phenoxy) is 1. The van der Waals surface area contributed by atoms with Crippen LogP contribution < -0.4 is 10.1 Å². The number of aliphatic hydroxyl groups is 1. The number of benzene rings is 1. The summed E-state index contributed by atoms with van der Waals surface area (Å²) in [5.41, 5.74) is 2.07. The summed E-state index contributed by atoms with van der Waals surface area (Å²) in [6.45, 7) is 9.49. The van der Waals surface area contributed by atoms with Gasteiger partial charge in [-0.2, -0.15) is 0 Å². The van der Waals surface area contributed by atoms with Gasteiger partial charge in [0.2, 0.25) is 0 Å². The fraction of sp³-hybridized carbons (Fsp3) is 0.625. The van der Waals surface area contributed by atoms with Crippen molar-refractivity contribution in [2.75, 3.05) is 39.3 Å². The molecule has 2 N–H and O–H groups in total. The van der Waals surface area contributed by atoms with E-state index in [0.29, 0.717) is 13.2 Å². The van der Waals surface area contributed by atoms with Crippen molar-refractivity contribution in [2.24, 2.45) is 0 Å². The van der Waals surface area contributed by atoms with Crippen LogP contribution in [0.25, 0.3) is 0 Å². The Morgan fingerprint density at radius 1 is 1.35 bits per heavy atom. The zero-order valence-electron chi connectivity index (χ0n) is 12.6. The normalized spacial score (nSPS) is 17.9. The maximum Gasteiger partial charge on any atom is 0.125 e. The molecule has 112 valence electrons. The van der Waals surface area contributed by atoms with Crippen molar-refractivity contribution in [3.05, 3.63) is 29.3 Å². The molecule has 1 atom stereocenters. The first-order chi connectivity index (χ1) is 9.70. The number of nitrogens with one attached hydrogen (secondary N) is 1. The molecule has 0 aromatic heterocycles. The summed E-state index contributed by atoms with van der Waals surface area (Å²) in [5.74, 6) is 0.820. The number of hydrogen-bond acceptors (Lipinski definition) is 4. The van der Waals surface area contributed by atoms with Gasteiger partial charge in [0.25, 0.3) is 0 Å². The van der Waals surface area contributed by atoms with Crippen LogP contribution in [0.1, 0.15) is 30.6 Å². The highest BCUT2D eigenvalue weighted by Gasteiger charge is 2.19. The Hall–Kier alpha value is -1.10. The number of piperazine rings is 1. The van der Waals surface area contributed by atoms with Gasteiger partial charge in [-0.3, -0.25) is 4.90 Å². The molecule has 1 aromatic carbocycles. The van der Waals surface area contributed by atoms with E-state index >= 15 is 0 Å². The minimum atomic E-state index is -0.486. The smallest absolute Gasteiger partial charge is 0.125 e. The molecule has 0 aliphatic carbocycles. The van der Waals surface area contributed by atoms with E-state index in [1.165, 1.54) is 0 Å². The Balaban J connectivity index is 2.06. The highest BCUT2D eigenvalue weighted by Crippen LogP contribution is 2.27. The average molecular weight is 278 g/mol. The minimum absolute atomic E-state index is 0.486. The molecule has 2 rings (SSSR count). The lowest BCUT2D eigenvalue weighted by atomic mass is 10.0. The molecule has 0 amide bonds. The maximum atomic E-state index is 10.5. The summed E-state index contributed by atoms with van der Waals surface area (Å²) in [6, 6.07) is 6.05.